The zero-order valence-corrected chi connectivity index (χ0v) is 9.12. The van der Waals surface area contributed by atoms with Crippen LogP contribution in [0.15, 0.2) is 34.2 Å². The Hall–Kier alpha value is -1.49. The largest absolute Gasteiger partial charge is 0.468 e. The van der Waals surface area contributed by atoms with Crippen LogP contribution in [0.4, 0.5) is 5.82 Å². The highest BCUT2D eigenvalue weighted by atomic mass is 32.2. The second kappa shape index (κ2) is 4.35. The maximum Gasteiger partial charge on any atom is 0.189 e. The van der Waals surface area contributed by atoms with Crippen molar-refractivity contribution in [3.05, 3.63) is 35.9 Å². The molecule has 15 heavy (non-hydrogen) atoms. The summed E-state index contributed by atoms with van der Waals surface area (Å²) in [6.45, 7) is 2.01. The molecule has 0 atom stereocenters. The van der Waals surface area contributed by atoms with E-state index in [9.17, 15) is 0 Å². The van der Waals surface area contributed by atoms with E-state index >= 15 is 0 Å². The van der Waals surface area contributed by atoms with Crippen LogP contribution in [0.1, 0.15) is 11.3 Å². The molecule has 2 rings (SSSR count). The van der Waals surface area contributed by atoms with E-state index < -0.39 is 0 Å². The highest BCUT2D eigenvalue weighted by Gasteiger charge is 2.04. The SMILES string of the molecule is Cc1ccoc1CSc1nccc(N)n1. The Balaban J connectivity index is 2.02. The van der Waals surface area contributed by atoms with Gasteiger partial charge in [-0.2, -0.15) is 0 Å². The van der Waals surface area contributed by atoms with Gasteiger partial charge in [-0.3, -0.25) is 0 Å². The molecule has 0 radical (unpaired) electrons. The summed E-state index contributed by atoms with van der Waals surface area (Å²) in [6, 6.07) is 3.61. The Morgan fingerprint density at radius 2 is 2.33 bits per heavy atom. The van der Waals surface area contributed by atoms with E-state index in [0.29, 0.717) is 11.0 Å². The lowest BCUT2D eigenvalue weighted by molar-refractivity contribution is 0.527. The summed E-state index contributed by atoms with van der Waals surface area (Å²) in [4.78, 5) is 8.19. The molecule has 0 aliphatic carbocycles. The van der Waals surface area contributed by atoms with Crippen LogP contribution in [0.2, 0.25) is 0 Å². The van der Waals surface area contributed by atoms with Crippen molar-refractivity contribution in [2.24, 2.45) is 0 Å². The van der Waals surface area contributed by atoms with Crippen molar-refractivity contribution in [2.45, 2.75) is 17.8 Å². The molecule has 2 aromatic rings. The highest BCUT2D eigenvalue weighted by molar-refractivity contribution is 7.98. The molecule has 0 aliphatic heterocycles. The molecule has 0 saturated heterocycles. The van der Waals surface area contributed by atoms with E-state index in [1.807, 2.05) is 13.0 Å². The molecule has 0 aliphatic rings. The van der Waals surface area contributed by atoms with E-state index in [-0.39, 0.29) is 0 Å². The highest BCUT2D eigenvalue weighted by Crippen LogP contribution is 2.21. The number of aryl methyl sites for hydroxylation is 1. The fraction of sp³-hybridized carbons (Fsp3) is 0.200. The summed E-state index contributed by atoms with van der Waals surface area (Å²) in [6.07, 6.45) is 3.34. The zero-order chi connectivity index (χ0) is 10.7. The first-order valence-electron chi connectivity index (χ1n) is 4.50. The molecule has 0 spiro atoms. The molecule has 4 nitrogen and oxygen atoms in total. The van der Waals surface area contributed by atoms with Gasteiger partial charge >= 0.3 is 0 Å². The number of rotatable bonds is 3. The summed E-state index contributed by atoms with van der Waals surface area (Å²) in [5.74, 6) is 2.16. The lowest BCUT2D eigenvalue weighted by atomic mass is 10.3. The molecule has 0 amide bonds. The number of aromatic nitrogens is 2. The Bertz CT molecular complexity index is 455. The van der Waals surface area contributed by atoms with Crippen molar-refractivity contribution in [2.75, 3.05) is 5.73 Å². The number of nitrogens with two attached hydrogens (primary N) is 1. The zero-order valence-electron chi connectivity index (χ0n) is 8.30. The van der Waals surface area contributed by atoms with Crippen LogP contribution in [0.5, 0.6) is 0 Å². The van der Waals surface area contributed by atoms with Crippen LogP contribution in [-0.2, 0) is 5.75 Å². The van der Waals surface area contributed by atoms with Crippen molar-refractivity contribution >= 4 is 17.6 Å². The minimum Gasteiger partial charge on any atom is -0.468 e. The number of thioether (sulfide) groups is 1. The Morgan fingerprint density at radius 1 is 1.47 bits per heavy atom. The number of nitrogen functional groups attached to an aromatic ring is 1. The summed E-state index contributed by atoms with van der Waals surface area (Å²) in [5.41, 5.74) is 6.69. The Labute approximate surface area is 91.9 Å². The fourth-order valence-electron chi connectivity index (χ4n) is 1.11. The van der Waals surface area contributed by atoms with Gasteiger partial charge in [-0.05, 0) is 24.6 Å². The third-order valence-electron chi connectivity index (χ3n) is 1.96. The van der Waals surface area contributed by atoms with Crippen LogP contribution >= 0.6 is 11.8 Å². The average Bonchev–Trinajstić information content (AvgIpc) is 2.61. The summed E-state index contributed by atoms with van der Waals surface area (Å²) in [5, 5.41) is 0.672. The minimum absolute atomic E-state index is 0.490. The van der Waals surface area contributed by atoms with Crippen LogP contribution in [-0.4, -0.2) is 9.97 Å². The van der Waals surface area contributed by atoms with Gasteiger partial charge in [0.1, 0.15) is 11.6 Å². The van der Waals surface area contributed by atoms with Crippen molar-refractivity contribution in [1.29, 1.82) is 0 Å². The monoisotopic (exact) mass is 221 g/mol. The van der Waals surface area contributed by atoms with E-state index in [2.05, 4.69) is 9.97 Å². The molecule has 0 saturated carbocycles. The summed E-state index contributed by atoms with van der Waals surface area (Å²) >= 11 is 1.51. The van der Waals surface area contributed by atoms with E-state index in [1.54, 1.807) is 18.5 Å². The molecule has 78 valence electrons. The predicted molar refractivity (Wildman–Crippen MR) is 59.5 cm³/mol. The molecule has 5 heteroatoms. The van der Waals surface area contributed by atoms with E-state index in [4.69, 9.17) is 10.2 Å². The van der Waals surface area contributed by atoms with Crippen molar-refractivity contribution in [3.63, 3.8) is 0 Å². The Morgan fingerprint density at radius 3 is 3.00 bits per heavy atom. The maximum atomic E-state index is 5.55. The van der Waals surface area contributed by atoms with Gasteiger partial charge in [0.2, 0.25) is 0 Å². The van der Waals surface area contributed by atoms with Crippen LogP contribution in [0.3, 0.4) is 0 Å². The van der Waals surface area contributed by atoms with E-state index in [1.165, 1.54) is 11.8 Å². The first kappa shape index (κ1) is 10.0. The maximum absolute atomic E-state index is 5.55. The quantitative estimate of drug-likeness (QED) is 0.636. The average molecular weight is 221 g/mol. The van der Waals surface area contributed by atoms with Crippen LogP contribution < -0.4 is 5.73 Å². The van der Waals surface area contributed by atoms with E-state index in [0.717, 1.165) is 17.1 Å². The number of hydrogen-bond donors (Lipinski definition) is 1. The van der Waals surface area contributed by atoms with Gasteiger partial charge in [0.15, 0.2) is 5.16 Å². The van der Waals surface area contributed by atoms with Gasteiger partial charge in [0.25, 0.3) is 0 Å². The van der Waals surface area contributed by atoms with Gasteiger partial charge in [-0.1, -0.05) is 11.8 Å². The molecular weight excluding hydrogens is 210 g/mol. The number of nitrogens with zero attached hydrogens (tertiary/aromatic N) is 2. The molecule has 2 heterocycles. The first-order chi connectivity index (χ1) is 7.25. The molecular formula is C10H11N3OS. The normalized spacial score (nSPS) is 10.5. The number of anilines is 1. The standard InChI is InChI=1S/C10H11N3OS/c1-7-3-5-14-8(7)6-15-10-12-4-2-9(11)13-10/h2-5H,6H2,1H3,(H2,11,12,13). The number of hydrogen-bond acceptors (Lipinski definition) is 5. The predicted octanol–water partition coefficient (Wildman–Crippen LogP) is 2.25. The molecule has 2 aromatic heterocycles. The molecule has 0 bridgehead atoms. The summed E-state index contributed by atoms with van der Waals surface area (Å²) < 4.78 is 5.31. The molecule has 2 N–H and O–H groups in total. The second-order valence-electron chi connectivity index (χ2n) is 3.08. The fourth-order valence-corrected chi connectivity index (χ4v) is 1.97. The Kier molecular flexibility index (Phi) is 2.91. The summed E-state index contributed by atoms with van der Waals surface area (Å²) in [7, 11) is 0. The van der Waals surface area contributed by atoms with Gasteiger partial charge in [-0.25, -0.2) is 9.97 Å². The molecule has 0 unspecified atom stereocenters. The third-order valence-corrected chi connectivity index (χ3v) is 2.82. The topological polar surface area (TPSA) is 64.9 Å². The van der Waals surface area contributed by atoms with Gasteiger partial charge in [0.05, 0.1) is 12.0 Å². The van der Waals surface area contributed by atoms with Crippen LogP contribution in [0.25, 0.3) is 0 Å². The lowest BCUT2D eigenvalue weighted by Gasteiger charge is -1.99. The van der Waals surface area contributed by atoms with Crippen LogP contribution in [0, 0.1) is 6.92 Å². The van der Waals surface area contributed by atoms with Gasteiger partial charge < -0.3 is 10.2 Å². The van der Waals surface area contributed by atoms with Crippen molar-refractivity contribution in [1.82, 2.24) is 9.97 Å². The van der Waals surface area contributed by atoms with Crippen molar-refractivity contribution in [3.8, 4) is 0 Å². The van der Waals surface area contributed by atoms with Gasteiger partial charge in [-0.15, -0.1) is 0 Å². The van der Waals surface area contributed by atoms with Gasteiger partial charge in [0, 0.05) is 6.20 Å². The molecule has 0 fully saturated rings. The first-order valence-corrected chi connectivity index (χ1v) is 5.48. The third kappa shape index (κ3) is 2.50. The lowest BCUT2D eigenvalue weighted by Crippen LogP contribution is -1.93. The smallest absolute Gasteiger partial charge is 0.189 e. The number of furan rings is 1. The van der Waals surface area contributed by atoms with Crippen molar-refractivity contribution < 1.29 is 4.42 Å². The molecule has 0 aromatic carbocycles. The minimum atomic E-state index is 0.490. The second-order valence-corrected chi connectivity index (χ2v) is 4.02.